The van der Waals surface area contributed by atoms with Crippen LogP contribution in [0, 0.1) is 0 Å². The summed E-state index contributed by atoms with van der Waals surface area (Å²) in [5, 5.41) is 2.12. The van der Waals surface area contributed by atoms with E-state index in [9.17, 15) is 9.59 Å². The molecule has 0 bridgehead atoms. The van der Waals surface area contributed by atoms with Gasteiger partial charge < -0.3 is 9.47 Å². The third kappa shape index (κ3) is 2.96. The Morgan fingerprint density at radius 2 is 1.19 bits per heavy atom. The fourth-order valence-electron chi connectivity index (χ4n) is 5.64. The number of fused-ring (bicyclic) bond motifs is 4. The quantitative estimate of drug-likeness (QED) is 0.322. The minimum atomic E-state index is -0.269. The van der Waals surface area contributed by atoms with E-state index < -0.39 is 0 Å². The van der Waals surface area contributed by atoms with Crippen molar-refractivity contribution in [1.29, 1.82) is 0 Å². The molecule has 2 aliphatic heterocycles. The number of rotatable bonds is 4. The molecular formula is C31H23N3O2. The van der Waals surface area contributed by atoms with E-state index in [-0.39, 0.29) is 18.4 Å². The monoisotopic (exact) mass is 469 g/mol. The molecule has 0 radical (unpaired) electrons. The third-order valence-electron chi connectivity index (χ3n) is 7.26. The smallest absolute Gasteiger partial charge is 0.280 e. The van der Waals surface area contributed by atoms with Crippen LogP contribution in [0.3, 0.4) is 0 Å². The summed E-state index contributed by atoms with van der Waals surface area (Å²) in [4.78, 5) is 31.7. The van der Waals surface area contributed by atoms with Crippen molar-refractivity contribution >= 4 is 45.0 Å². The van der Waals surface area contributed by atoms with Gasteiger partial charge in [0.15, 0.2) is 0 Å². The molecule has 4 aromatic carbocycles. The number of para-hydroxylation sites is 3. The Bertz CT molecular complexity index is 1660. The molecule has 2 amide bonds. The average Bonchev–Trinajstić information content (AvgIpc) is 3.56. The topological polar surface area (TPSA) is 45.6 Å². The highest BCUT2D eigenvalue weighted by atomic mass is 16.2. The summed E-state index contributed by atoms with van der Waals surface area (Å²) in [5.41, 5.74) is 5.81. The predicted octanol–water partition coefficient (Wildman–Crippen LogP) is 5.59. The first-order chi connectivity index (χ1) is 17.7. The zero-order valence-corrected chi connectivity index (χ0v) is 19.6. The van der Waals surface area contributed by atoms with Crippen LogP contribution >= 0.6 is 0 Å². The summed E-state index contributed by atoms with van der Waals surface area (Å²) in [6.45, 7) is 0.894. The second kappa shape index (κ2) is 7.95. The Morgan fingerprint density at radius 3 is 1.92 bits per heavy atom. The molecule has 2 aliphatic rings. The average molecular weight is 470 g/mol. The normalized spacial score (nSPS) is 15.6. The first-order valence-electron chi connectivity index (χ1n) is 12.2. The van der Waals surface area contributed by atoms with Gasteiger partial charge in [0.05, 0.1) is 17.6 Å². The summed E-state index contributed by atoms with van der Waals surface area (Å²) >= 11 is 0. The fourth-order valence-corrected chi connectivity index (χ4v) is 5.64. The van der Waals surface area contributed by atoms with Crippen molar-refractivity contribution in [2.75, 3.05) is 11.4 Å². The van der Waals surface area contributed by atoms with Crippen LogP contribution in [-0.4, -0.2) is 27.8 Å². The van der Waals surface area contributed by atoms with E-state index in [4.69, 9.17) is 0 Å². The van der Waals surface area contributed by atoms with Crippen LogP contribution < -0.4 is 4.90 Å². The van der Waals surface area contributed by atoms with E-state index in [1.165, 1.54) is 10.5 Å². The maximum atomic E-state index is 14.2. The number of hydrogen-bond donors (Lipinski definition) is 0. The van der Waals surface area contributed by atoms with Gasteiger partial charge in [-0.25, -0.2) is 0 Å². The van der Waals surface area contributed by atoms with Gasteiger partial charge in [-0.2, -0.15) is 0 Å². The molecule has 0 atom stereocenters. The van der Waals surface area contributed by atoms with Gasteiger partial charge in [0.25, 0.3) is 11.8 Å². The first-order valence-corrected chi connectivity index (χ1v) is 12.2. The van der Waals surface area contributed by atoms with Crippen LogP contribution in [-0.2, 0) is 22.6 Å². The largest absolute Gasteiger partial charge is 0.335 e. The Morgan fingerprint density at radius 1 is 0.611 bits per heavy atom. The van der Waals surface area contributed by atoms with Crippen molar-refractivity contribution in [3.8, 4) is 0 Å². The lowest BCUT2D eigenvalue weighted by atomic mass is 10.2. The van der Waals surface area contributed by atoms with Gasteiger partial charge in [-0.05, 0) is 35.7 Å². The molecule has 1 aromatic heterocycles. The molecule has 0 unspecified atom stereocenters. The van der Waals surface area contributed by atoms with Gasteiger partial charge in [0.2, 0.25) is 0 Å². The summed E-state index contributed by atoms with van der Waals surface area (Å²) in [7, 11) is 0. The molecule has 174 valence electrons. The Labute approximate surface area is 208 Å². The lowest BCUT2D eigenvalue weighted by molar-refractivity contribution is -0.137. The van der Waals surface area contributed by atoms with E-state index in [0.717, 1.165) is 39.5 Å². The highest BCUT2D eigenvalue weighted by Gasteiger charge is 2.44. The number of anilines is 1. The first kappa shape index (κ1) is 20.7. The number of aromatic nitrogens is 1. The summed E-state index contributed by atoms with van der Waals surface area (Å²) in [6.07, 6.45) is 0.834. The van der Waals surface area contributed by atoms with E-state index in [1.807, 2.05) is 94.4 Å². The van der Waals surface area contributed by atoms with E-state index in [1.54, 1.807) is 0 Å². The number of amides is 2. The summed E-state index contributed by atoms with van der Waals surface area (Å²) in [6, 6.07) is 34.0. The predicted molar refractivity (Wildman–Crippen MR) is 142 cm³/mol. The number of nitrogens with zero attached hydrogens (tertiary/aromatic N) is 3. The van der Waals surface area contributed by atoms with Gasteiger partial charge in [0.1, 0.15) is 11.4 Å². The number of carbonyl (C=O) groups is 2. The lowest BCUT2D eigenvalue weighted by Gasteiger charge is -2.22. The number of hydrogen-bond acceptors (Lipinski definition) is 3. The summed E-state index contributed by atoms with van der Waals surface area (Å²) in [5.74, 6) is -0.521. The van der Waals surface area contributed by atoms with E-state index in [2.05, 4.69) is 18.2 Å². The van der Waals surface area contributed by atoms with Crippen molar-refractivity contribution in [2.24, 2.45) is 0 Å². The fraction of sp³-hybridized carbons (Fsp3) is 0.0968. The maximum absolute atomic E-state index is 14.2. The molecule has 0 fully saturated rings. The van der Waals surface area contributed by atoms with E-state index in [0.29, 0.717) is 17.9 Å². The zero-order valence-electron chi connectivity index (χ0n) is 19.6. The SMILES string of the molecule is O=C1C(N2CCc3ccccc32)=C(n2c3ccccc3c3ccccc32)C(=O)N1Cc1ccccc1. The van der Waals surface area contributed by atoms with Gasteiger partial charge >= 0.3 is 0 Å². The van der Waals surface area contributed by atoms with Crippen molar-refractivity contribution in [3.63, 3.8) is 0 Å². The van der Waals surface area contributed by atoms with Crippen molar-refractivity contribution in [2.45, 2.75) is 13.0 Å². The van der Waals surface area contributed by atoms with E-state index >= 15 is 0 Å². The van der Waals surface area contributed by atoms with Crippen molar-refractivity contribution in [1.82, 2.24) is 9.47 Å². The van der Waals surface area contributed by atoms with Crippen LogP contribution in [0.2, 0.25) is 0 Å². The third-order valence-corrected chi connectivity index (χ3v) is 7.26. The molecule has 0 N–H and O–H groups in total. The second-order valence-electron chi connectivity index (χ2n) is 9.28. The zero-order chi connectivity index (χ0) is 24.2. The molecule has 0 saturated carbocycles. The standard InChI is InChI=1S/C31H23N3O2/c35-30-28(32-19-18-22-12-4-7-15-25(22)32)29(31(36)33(30)20-21-10-2-1-3-11-21)34-26-16-8-5-13-23(26)24-14-6-9-17-27(24)34/h1-17H,18-20H2. The molecule has 3 heterocycles. The lowest BCUT2D eigenvalue weighted by Crippen LogP contribution is -2.34. The molecule has 5 nitrogen and oxygen atoms in total. The van der Waals surface area contributed by atoms with Crippen LogP contribution in [0.25, 0.3) is 27.5 Å². The Kier molecular flexibility index (Phi) is 4.58. The number of carbonyl (C=O) groups excluding carboxylic acids is 2. The second-order valence-corrected chi connectivity index (χ2v) is 9.28. The number of imide groups is 1. The highest BCUT2D eigenvalue weighted by molar-refractivity contribution is 6.35. The highest BCUT2D eigenvalue weighted by Crippen LogP contribution is 2.40. The minimum Gasteiger partial charge on any atom is -0.335 e. The van der Waals surface area contributed by atoms with Gasteiger partial charge in [0, 0.05) is 23.0 Å². The number of benzene rings is 4. The molecule has 0 aliphatic carbocycles. The Hall–Kier alpha value is -4.64. The van der Waals surface area contributed by atoms with Crippen molar-refractivity contribution in [3.05, 3.63) is 120 Å². The molecular weight excluding hydrogens is 446 g/mol. The molecule has 36 heavy (non-hydrogen) atoms. The summed E-state index contributed by atoms with van der Waals surface area (Å²) < 4.78 is 1.99. The van der Waals surface area contributed by atoms with Crippen molar-refractivity contribution < 1.29 is 9.59 Å². The molecule has 0 saturated heterocycles. The van der Waals surface area contributed by atoms with Crippen LogP contribution in [0.15, 0.2) is 109 Å². The van der Waals surface area contributed by atoms with Gasteiger partial charge in [-0.1, -0.05) is 84.9 Å². The molecule has 5 aromatic rings. The van der Waals surface area contributed by atoms with Crippen LogP contribution in [0.4, 0.5) is 5.69 Å². The van der Waals surface area contributed by atoms with Crippen LogP contribution in [0.5, 0.6) is 0 Å². The van der Waals surface area contributed by atoms with Crippen LogP contribution in [0.1, 0.15) is 11.1 Å². The molecule has 7 rings (SSSR count). The minimum absolute atomic E-state index is 0.234. The molecule has 0 spiro atoms. The Balaban J connectivity index is 1.49. The maximum Gasteiger partial charge on any atom is 0.280 e. The van der Waals surface area contributed by atoms with Gasteiger partial charge in [-0.15, -0.1) is 0 Å². The van der Waals surface area contributed by atoms with Gasteiger partial charge in [-0.3, -0.25) is 14.5 Å². The molecule has 5 heteroatoms.